The Morgan fingerprint density at radius 2 is 1.95 bits per heavy atom. The lowest BCUT2D eigenvalue weighted by Gasteiger charge is -2.13. The topological polar surface area (TPSA) is 93.5 Å². The molecule has 1 rings (SSSR count). The van der Waals surface area contributed by atoms with E-state index in [1.807, 2.05) is 6.92 Å². The first-order valence-electron chi connectivity index (χ1n) is 6.50. The van der Waals surface area contributed by atoms with Gasteiger partial charge in [0.05, 0.1) is 6.42 Å². The lowest BCUT2D eigenvalue weighted by molar-refractivity contribution is -0.125. The van der Waals surface area contributed by atoms with Gasteiger partial charge in [-0.25, -0.2) is 0 Å². The zero-order valence-corrected chi connectivity index (χ0v) is 11.8. The Morgan fingerprint density at radius 1 is 1.30 bits per heavy atom. The van der Waals surface area contributed by atoms with Crippen LogP contribution in [0.2, 0.25) is 0 Å². The summed E-state index contributed by atoms with van der Waals surface area (Å²) in [6, 6.07) is 7.09. The number of nitrogens with two attached hydrogens (primary N) is 1. The minimum Gasteiger partial charge on any atom is -0.370 e. The molecule has 110 valence electrons. The van der Waals surface area contributed by atoms with Gasteiger partial charge in [-0.3, -0.25) is 9.59 Å². The van der Waals surface area contributed by atoms with Gasteiger partial charge in [0, 0.05) is 25.9 Å². The van der Waals surface area contributed by atoms with E-state index in [1.54, 1.807) is 24.3 Å². The second-order valence-corrected chi connectivity index (χ2v) is 4.28. The maximum absolute atomic E-state index is 11.7. The highest BCUT2D eigenvalue weighted by Gasteiger charge is 2.15. The van der Waals surface area contributed by atoms with Gasteiger partial charge in [-0.15, -0.1) is 0 Å². The van der Waals surface area contributed by atoms with Crippen LogP contribution < -0.4 is 16.4 Å². The Morgan fingerprint density at radius 3 is 2.45 bits per heavy atom. The van der Waals surface area contributed by atoms with Gasteiger partial charge in [0.2, 0.25) is 5.91 Å². The third-order valence-electron chi connectivity index (χ3n) is 2.75. The van der Waals surface area contributed by atoms with Crippen molar-refractivity contribution < 1.29 is 14.3 Å². The minimum absolute atomic E-state index is 0.0214. The Balaban J connectivity index is 2.58. The third kappa shape index (κ3) is 4.99. The van der Waals surface area contributed by atoms with Crippen LogP contribution in [-0.2, 0) is 20.7 Å². The van der Waals surface area contributed by atoms with E-state index in [0.717, 1.165) is 5.56 Å². The molecule has 1 atom stereocenters. The van der Waals surface area contributed by atoms with Crippen molar-refractivity contribution in [3.8, 4) is 0 Å². The van der Waals surface area contributed by atoms with Crippen LogP contribution in [0.5, 0.6) is 0 Å². The Hall–Kier alpha value is -1.92. The number of amides is 2. The number of rotatable bonds is 7. The molecule has 4 N–H and O–H groups in total. The molecule has 2 amide bonds. The number of nitrogens with one attached hydrogen (secondary N) is 2. The highest BCUT2D eigenvalue weighted by molar-refractivity contribution is 5.94. The molecule has 0 aliphatic carbocycles. The van der Waals surface area contributed by atoms with Crippen LogP contribution in [0.4, 0.5) is 5.69 Å². The van der Waals surface area contributed by atoms with E-state index in [-0.39, 0.29) is 18.4 Å². The summed E-state index contributed by atoms with van der Waals surface area (Å²) in [6.45, 7) is 2.61. The molecule has 6 nitrogen and oxygen atoms in total. The molecule has 0 saturated heterocycles. The van der Waals surface area contributed by atoms with Crippen LogP contribution in [0.1, 0.15) is 12.5 Å². The summed E-state index contributed by atoms with van der Waals surface area (Å²) in [4.78, 5) is 23.2. The number of likely N-dealkylation sites (N-methyl/N-ethyl adjacent to an activating group) is 1. The fraction of sp³-hybridized carbons (Fsp3) is 0.429. The van der Waals surface area contributed by atoms with Crippen LogP contribution >= 0.6 is 0 Å². The van der Waals surface area contributed by atoms with Crippen molar-refractivity contribution >= 4 is 17.5 Å². The van der Waals surface area contributed by atoms with Crippen molar-refractivity contribution in [2.24, 2.45) is 5.73 Å². The lowest BCUT2D eigenvalue weighted by atomic mass is 10.1. The highest BCUT2D eigenvalue weighted by Crippen LogP contribution is 2.10. The average molecular weight is 279 g/mol. The van der Waals surface area contributed by atoms with Gasteiger partial charge in [0.25, 0.3) is 5.91 Å². The van der Waals surface area contributed by atoms with Gasteiger partial charge in [-0.2, -0.15) is 0 Å². The molecule has 0 heterocycles. The molecule has 0 aliphatic rings. The standard InChI is InChI=1S/C14H21N3O3/c1-3-16-13(18)8-10-4-6-11(7-5-10)17-14(19)12(9-15)20-2/h4-7,12H,3,8-9,15H2,1-2H3,(H,16,18)(H,17,19). The first kappa shape index (κ1) is 16.1. The predicted octanol–water partition coefficient (Wildman–Crippen LogP) is 0.277. The number of methoxy groups -OCH3 is 1. The molecule has 0 spiro atoms. The zero-order valence-electron chi connectivity index (χ0n) is 11.8. The summed E-state index contributed by atoms with van der Waals surface area (Å²) in [5.74, 6) is -0.307. The van der Waals surface area contributed by atoms with Crippen LogP contribution in [0.25, 0.3) is 0 Å². The molecule has 1 aromatic rings. The second-order valence-electron chi connectivity index (χ2n) is 4.28. The first-order chi connectivity index (χ1) is 9.60. The van der Waals surface area contributed by atoms with Crippen LogP contribution in [-0.4, -0.2) is 38.1 Å². The van der Waals surface area contributed by atoms with Gasteiger partial charge in [0.1, 0.15) is 6.10 Å². The molecule has 0 radical (unpaired) electrons. The van der Waals surface area contributed by atoms with Crippen LogP contribution in [0, 0.1) is 0 Å². The smallest absolute Gasteiger partial charge is 0.254 e. The van der Waals surface area contributed by atoms with Gasteiger partial charge >= 0.3 is 0 Å². The molecule has 0 aliphatic heterocycles. The summed E-state index contributed by atoms with van der Waals surface area (Å²) in [7, 11) is 1.44. The summed E-state index contributed by atoms with van der Waals surface area (Å²) in [5, 5.41) is 5.44. The Labute approximate surface area is 118 Å². The molecule has 1 unspecified atom stereocenters. The van der Waals surface area contributed by atoms with Gasteiger partial charge in [-0.05, 0) is 24.6 Å². The molecular formula is C14H21N3O3. The van der Waals surface area contributed by atoms with E-state index in [0.29, 0.717) is 18.7 Å². The van der Waals surface area contributed by atoms with Crippen molar-refractivity contribution in [1.29, 1.82) is 0 Å². The van der Waals surface area contributed by atoms with Gasteiger partial charge in [-0.1, -0.05) is 12.1 Å². The molecule has 0 saturated carbocycles. The molecule has 6 heteroatoms. The van der Waals surface area contributed by atoms with E-state index in [2.05, 4.69) is 10.6 Å². The zero-order chi connectivity index (χ0) is 15.0. The van der Waals surface area contributed by atoms with E-state index < -0.39 is 6.10 Å². The monoisotopic (exact) mass is 279 g/mol. The largest absolute Gasteiger partial charge is 0.370 e. The Bertz CT molecular complexity index is 441. The maximum atomic E-state index is 11.7. The number of anilines is 1. The third-order valence-corrected chi connectivity index (χ3v) is 2.75. The predicted molar refractivity (Wildman–Crippen MR) is 77.3 cm³/mol. The number of carbonyl (C=O) groups excluding carboxylic acids is 2. The van der Waals surface area contributed by atoms with Gasteiger partial charge in [0.15, 0.2) is 0 Å². The van der Waals surface area contributed by atoms with E-state index in [9.17, 15) is 9.59 Å². The average Bonchev–Trinajstić information content (AvgIpc) is 2.42. The quantitative estimate of drug-likeness (QED) is 0.668. The molecule has 0 fully saturated rings. The normalized spacial score (nSPS) is 11.8. The maximum Gasteiger partial charge on any atom is 0.254 e. The van der Waals surface area contributed by atoms with Gasteiger partial charge < -0.3 is 21.1 Å². The summed E-state index contributed by atoms with van der Waals surface area (Å²) >= 11 is 0. The minimum atomic E-state index is -0.662. The Kier molecular flexibility index (Phi) is 6.69. The molecule has 0 bridgehead atoms. The summed E-state index contributed by atoms with van der Waals surface area (Å²) in [5.41, 5.74) is 6.94. The van der Waals surface area contributed by atoms with Crippen molar-refractivity contribution in [1.82, 2.24) is 5.32 Å². The van der Waals surface area contributed by atoms with Crippen LogP contribution in [0.3, 0.4) is 0 Å². The molecule has 20 heavy (non-hydrogen) atoms. The van der Waals surface area contributed by atoms with E-state index in [1.165, 1.54) is 7.11 Å². The van der Waals surface area contributed by atoms with Crippen molar-refractivity contribution in [3.05, 3.63) is 29.8 Å². The van der Waals surface area contributed by atoms with Crippen molar-refractivity contribution in [2.75, 3.05) is 25.5 Å². The summed E-state index contributed by atoms with van der Waals surface area (Å²) < 4.78 is 4.95. The molecular weight excluding hydrogens is 258 g/mol. The number of carbonyl (C=O) groups is 2. The first-order valence-corrected chi connectivity index (χ1v) is 6.50. The fourth-order valence-corrected chi connectivity index (χ4v) is 1.68. The highest BCUT2D eigenvalue weighted by atomic mass is 16.5. The fourth-order valence-electron chi connectivity index (χ4n) is 1.68. The lowest BCUT2D eigenvalue weighted by Crippen LogP contribution is -2.35. The van der Waals surface area contributed by atoms with Crippen molar-refractivity contribution in [2.45, 2.75) is 19.4 Å². The number of hydrogen-bond donors (Lipinski definition) is 3. The number of ether oxygens (including phenoxy) is 1. The number of hydrogen-bond acceptors (Lipinski definition) is 4. The SMILES string of the molecule is CCNC(=O)Cc1ccc(NC(=O)C(CN)OC)cc1. The molecule has 1 aromatic carbocycles. The number of benzene rings is 1. The second kappa shape index (κ2) is 8.29. The van der Waals surface area contributed by atoms with E-state index >= 15 is 0 Å². The van der Waals surface area contributed by atoms with Crippen molar-refractivity contribution in [3.63, 3.8) is 0 Å². The molecule has 0 aromatic heterocycles. The summed E-state index contributed by atoms with van der Waals surface area (Å²) in [6.07, 6.45) is -0.337. The van der Waals surface area contributed by atoms with Crippen LogP contribution in [0.15, 0.2) is 24.3 Å². The van der Waals surface area contributed by atoms with E-state index in [4.69, 9.17) is 10.5 Å².